The minimum Gasteiger partial charge on any atom is -0.376 e. The lowest BCUT2D eigenvalue weighted by Crippen LogP contribution is -2.19. The van der Waals surface area contributed by atoms with Crippen LogP contribution in [0, 0.1) is 0 Å². The molecule has 0 aliphatic carbocycles. The van der Waals surface area contributed by atoms with Gasteiger partial charge in [-0.1, -0.05) is 18.6 Å². The average molecular weight is 252 g/mol. The Balaban J connectivity index is 2.12. The van der Waals surface area contributed by atoms with Crippen LogP contribution in [-0.4, -0.2) is 33.6 Å². The highest BCUT2D eigenvalue weighted by molar-refractivity contribution is 5.76. The first-order valence-corrected chi connectivity index (χ1v) is 6.51. The van der Waals surface area contributed by atoms with Gasteiger partial charge in [0.15, 0.2) is 0 Å². The summed E-state index contributed by atoms with van der Waals surface area (Å²) in [5, 5.41) is 8.20. The molecule has 6 heteroatoms. The number of nitrogens with two attached hydrogens (primary N) is 1. The Hall–Kier alpha value is -1.43. The van der Waals surface area contributed by atoms with Crippen LogP contribution in [0.2, 0.25) is 0 Å². The van der Waals surface area contributed by atoms with Crippen LogP contribution in [0.15, 0.2) is 0 Å². The molecule has 18 heavy (non-hydrogen) atoms. The predicted molar refractivity (Wildman–Crippen MR) is 65.9 cm³/mol. The predicted octanol–water partition coefficient (Wildman–Crippen LogP) is 0.437. The highest BCUT2D eigenvalue weighted by Gasteiger charge is 2.20. The summed E-state index contributed by atoms with van der Waals surface area (Å²) in [5.41, 5.74) is 6.95. The van der Waals surface area contributed by atoms with E-state index in [1.165, 1.54) is 0 Å². The summed E-state index contributed by atoms with van der Waals surface area (Å²) < 4.78 is 7.47. The van der Waals surface area contributed by atoms with Gasteiger partial charge in [-0.2, -0.15) is 0 Å². The second-order valence-electron chi connectivity index (χ2n) is 4.69. The zero-order valence-electron chi connectivity index (χ0n) is 10.8. The topological polar surface area (TPSA) is 83.0 Å². The van der Waals surface area contributed by atoms with Gasteiger partial charge in [-0.25, -0.2) is 4.68 Å². The number of ether oxygens (including phenoxy) is 1. The van der Waals surface area contributed by atoms with E-state index in [1.807, 2.05) is 4.68 Å². The Bertz CT molecular complexity index is 410. The minimum absolute atomic E-state index is 0.168. The molecule has 0 bridgehead atoms. The Morgan fingerprint density at radius 3 is 3.06 bits per heavy atom. The van der Waals surface area contributed by atoms with Gasteiger partial charge in [0.05, 0.1) is 30.5 Å². The SMILES string of the molecule is CCCc1c(CC(N)=O)nnn1CC1CCCO1. The molecule has 1 aliphatic rings. The summed E-state index contributed by atoms with van der Waals surface area (Å²) in [6, 6.07) is 0. The molecule has 0 aromatic carbocycles. The Morgan fingerprint density at radius 2 is 2.44 bits per heavy atom. The molecular weight excluding hydrogens is 232 g/mol. The van der Waals surface area contributed by atoms with Gasteiger partial charge in [-0.05, 0) is 19.3 Å². The molecule has 1 aromatic heterocycles. The third-order valence-electron chi connectivity index (χ3n) is 3.15. The van der Waals surface area contributed by atoms with Gasteiger partial charge in [0.2, 0.25) is 5.91 Å². The van der Waals surface area contributed by atoms with E-state index in [0.717, 1.165) is 44.5 Å². The van der Waals surface area contributed by atoms with E-state index >= 15 is 0 Å². The fraction of sp³-hybridized carbons (Fsp3) is 0.750. The zero-order chi connectivity index (χ0) is 13.0. The molecule has 0 radical (unpaired) electrons. The van der Waals surface area contributed by atoms with E-state index in [0.29, 0.717) is 5.69 Å². The van der Waals surface area contributed by atoms with Gasteiger partial charge >= 0.3 is 0 Å². The van der Waals surface area contributed by atoms with Gasteiger partial charge in [0, 0.05) is 6.61 Å². The summed E-state index contributed by atoms with van der Waals surface area (Å²) in [7, 11) is 0. The molecule has 1 fully saturated rings. The third-order valence-corrected chi connectivity index (χ3v) is 3.15. The van der Waals surface area contributed by atoms with E-state index < -0.39 is 0 Å². The molecule has 1 unspecified atom stereocenters. The highest BCUT2D eigenvalue weighted by Crippen LogP contribution is 2.16. The smallest absolute Gasteiger partial charge is 0.223 e. The maximum atomic E-state index is 11.0. The summed E-state index contributed by atoms with van der Waals surface area (Å²) >= 11 is 0. The van der Waals surface area contributed by atoms with Crippen molar-refractivity contribution in [3.63, 3.8) is 0 Å². The molecular formula is C12H20N4O2. The first kappa shape index (κ1) is 13.0. The Labute approximate surface area is 106 Å². The zero-order valence-corrected chi connectivity index (χ0v) is 10.8. The van der Waals surface area contributed by atoms with Gasteiger partial charge in [-0.3, -0.25) is 4.79 Å². The van der Waals surface area contributed by atoms with Crippen LogP contribution in [0.25, 0.3) is 0 Å². The molecule has 2 N–H and O–H groups in total. The summed E-state index contributed by atoms with van der Waals surface area (Å²) in [5.74, 6) is -0.364. The third kappa shape index (κ3) is 3.07. The van der Waals surface area contributed by atoms with Crippen LogP contribution < -0.4 is 5.73 Å². The van der Waals surface area contributed by atoms with Gasteiger partial charge in [-0.15, -0.1) is 5.10 Å². The van der Waals surface area contributed by atoms with Gasteiger partial charge in [0.1, 0.15) is 0 Å². The van der Waals surface area contributed by atoms with Crippen molar-refractivity contribution >= 4 is 5.91 Å². The van der Waals surface area contributed by atoms with Crippen LogP contribution in [0.5, 0.6) is 0 Å². The monoisotopic (exact) mass is 252 g/mol. The molecule has 100 valence electrons. The molecule has 1 saturated heterocycles. The van der Waals surface area contributed by atoms with Crippen LogP contribution >= 0.6 is 0 Å². The van der Waals surface area contributed by atoms with Crippen molar-refractivity contribution < 1.29 is 9.53 Å². The number of hydrogen-bond acceptors (Lipinski definition) is 4. The second-order valence-corrected chi connectivity index (χ2v) is 4.69. The van der Waals surface area contributed by atoms with Crippen molar-refractivity contribution in [2.45, 2.75) is 51.7 Å². The van der Waals surface area contributed by atoms with Crippen molar-refractivity contribution in [1.82, 2.24) is 15.0 Å². The summed E-state index contributed by atoms with van der Waals surface area (Å²) in [6.07, 6.45) is 4.42. The average Bonchev–Trinajstić information content (AvgIpc) is 2.93. The largest absolute Gasteiger partial charge is 0.376 e. The molecule has 2 heterocycles. The molecule has 0 saturated carbocycles. The van der Waals surface area contributed by atoms with Crippen molar-refractivity contribution in [3.8, 4) is 0 Å². The lowest BCUT2D eigenvalue weighted by Gasteiger charge is -2.11. The maximum Gasteiger partial charge on any atom is 0.223 e. The number of nitrogens with zero attached hydrogens (tertiary/aromatic N) is 3. The number of hydrogen-bond donors (Lipinski definition) is 1. The molecule has 6 nitrogen and oxygen atoms in total. The first-order chi connectivity index (χ1) is 8.70. The standard InChI is InChI=1S/C12H20N4O2/c1-2-4-11-10(7-12(13)17)14-15-16(11)8-9-5-3-6-18-9/h9H,2-8H2,1H3,(H2,13,17). The highest BCUT2D eigenvalue weighted by atomic mass is 16.5. The summed E-state index contributed by atoms with van der Waals surface area (Å²) in [4.78, 5) is 11.0. The number of carbonyl (C=O) groups excluding carboxylic acids is 1. The molecule has 2 rings (SSSR count). The number of rotatable bonds is 6. The lowest BCUT2D eigenvalue weighted by molar-refractivity contribution is -0.117. The van der Waals surface area contributed by atoms with Crippen molar-refractivity contribution in [3.05, 3.63) is 11.4 Å². The normalized spacial score (nSPS) is 19.3. The minimum atomic E-state index is -0.364. The number of aromatic nitrogens is 3. The fourth-order valence-corrected chi connectivity index (χ4v) is 2.31. The van der Waals surface area contributed by atoms with Crippen LogP contribution in [0.1, 0.15) is 37.6 Å². The molecule has 1 amide bonds. The van der Waals surface area contributed by atoms with Crippen molar-refractivity contribution in [2.75, 3.05) is 6.61 Å². The first-order valence-electron chi connectivity index (χ1n) is 6.51. The van der Waals surface area contributed by atoms with Gasteiger partial charge < -0.3 is 10.5 Å². The Morgan fingerprint density at radius 1 is 1.61 bits per heavy atom. The van der Waals surface area contributed by atoms with E-state index in [-0.39, 0.29) is 18.4 Å². The van der Waals surface area contributed by atoms with E-state index in [4.69, 9.17) is 10.5 Å². The number of amides is 1. The van der Waals surface area contributed by atoms with E-state index in [9.17, 15) is 4.79 Å². The molecule has 0 spiro atoms. The summed E-state index contributed by atoms with van der Waals surface area (Å²) in [6.45, 7) is 3.65. The van der Waals surface area contributed by atoms with Gasteiger partial charge in [0.25, 0.3) is 0 Å². The number of primary amides is 1. The maximum absolute atomic E-state index is 11.0. The van der Waals surface area contributed by atoms with E-state index in [2.05, 4.69) is 17.2 Å². The molecule has 1 aromatic rings. The van der Waals surface area contributed by atoms with Crippen LogP contribution in [-0.2, 0) is 28.9 Å². The van der Waals surface area contributed by atoms with Crippen LogP contribution in [0.3, 0.4) is 0 Å². The quantitative estimate of drug-likeness (QED) is 0.796. The van der Waals surface area contributed by atoms with Crippen molar-refractivity contribution in [1.29, 1.82) is 0 Å². The lowest BCUT2D eigenvalue weighted by atomic mass is 10.1. The van der Waals surface area contributed by atoms with Crippen molar-refractivity contribution in [2.24, 2.45) is 5.73 Å². The Kier molecular flexibility index (Phi) is 4.30. The van der Waals surface area contributed by atoms with E-state index in [1.54, 1.807) is 0 Å². The second kappa shape index (κ2) is 5.95. The fourth-order valence-electron chi connectivity index (χ4n) is 2.31. The molecule has 1 aliphatic heterocycles. The molecule has 1 atom stereocenters. The van der Waals surface area contributed by atoms with Crippen LogP contribution in [0.4, 0.5) is 0 Å². The number of carbonyl (C=O) groups is 1.